The van der Waals surface area contributed by atoms with Crippen LogP contribution in [0.25, 0.3) is 0 Å². The molecule has 0 radical (unpaired) electrons. The first-order valence-electron chi connectivity index (χ1n) is 4.42. The van der Waals surface area contributed by atoms with Gasteiger partial charge < -0.3 is 9.90 Å². The molecule has 0 spiro atoms. The number of hydrogen-bond acceptors (Lipinski definition) is 3. The van der Waals surface area contributed by atoms with Crippen molar-refractivity contribution in [3.63, 3.8) is 0 Å². The Morgan fingerprint density at radius 2 is 1.85 bits per heavy atom. The van der Waals surface area contributed by atoms with E-state index in [1.807, 2.05) is 0 Å². The number of thioether (sulfide) groups is 1. The molecule has 0 amide bonds. The van der Waals surface area contributed by atoms with Gasteiger partial charge in [0.25, 0.3) is 0 Å². The Hall–Kier alpha value is -0.510. The maximum Gasteiger partial charge on any atom is 0.304 e. The number of unbranched alkanes of at least 4 members (excludes halogenated alkanes) is 1. The first-order chi connectivity index (χ1) is 6.13. The second-order valence-electron chi connectivity index (χ2n) is 2.92. The summed E-state index contributed by atoms with van der Waals surface area (Å²) in [6.07, 6.45) is 2.82. The number of ketones is 1. The molecule has 0 atom stereocenters. The van der Waals surface area contributed by atoms with Crippen molar-refractivity contribution in [1.82, 2.24) is 0 Å². The first-order valence-corrected chi connectivity index (χ1v) is 5.57. The van der Waals surface area contributed by atoms with Gasteiger partial charge >= 0.3 is 5.97 Å². The van der Waals surface area contributed by atoms with E-state index < -0.39 is 5.97 Å². The van der Waals surface area contributed by atoms with E-state index in [1.165, 1.54) is 0 Å². The maximum absolute atomic E-state index is 10.5. The molecule has 0 aliphatic carbocycles. The predicted molar refractivity (Wildman–Crippen MR) is 54.1 cm³/mol. The number of carbonyl (C=O) groups excluding carboxylic acids is 1. The van der Waals surface area contributed by atoms with Crippen LogP contribution in [0.5, 0.6) is 0 Å². The molecule has 0 fully saturated rings. The van der Waals surface area contributed by atoms with Crippen molar-refractivity contribution in [2.75, 3.05) is 11.5 Å². The molecule has 76 valence electrons. The van der Waals surface area contributed by atoms with Gasteiger partial charge in [-0.2, -0.15) is 11.8 Å². The van der Waals surface area contributed by atoms with E-state index in [1.54, 1.807) is 18.7 Å². The maximum atomic E-state index is 10.5. The molecule has 0 aliphatic rings. The molecule has 0 unspecified atom stereocenters. The fourth-order valence-corrected chi connectivity index (χ4v) is 1.77. The monoisotopic (exact) mass is 204 g/mol. The molecule has 0 aromatic carbocycles. The van der Waals surface area contributed by atoms with E-state index in [0.29, 0.717) is 12.2 Å². The van der Waals surface area contributed by atoms with Gasteiger partial charge in [0, 0.05) is 12.2 Å². The van der Waals surface area contributed by atoms with Crippen LogP contribution in [0.1, 0.15) is 32.6 Å². The van der Waals surface area contributed by atoms with Crippen LogP contribution in [0.15, 0.2) is 0 Å². The molecule has 13 heavy (non-hydrogen) atoms. The highest BCUT2D eigenvalue weighted by Crippen LogP contribution is 2.07. The Bertz CT molecular complexity index is 150. The summed E-state index contributed by atoms with van der Waals surface area (Å²) < 4.78 is 0. The number of rotatable bonds is 8. The Morgan fingerprint density at radius 3 is 2.38 bits per heavy atom. The SMILES string of the molecule is CC(=O)CCCCSCCC(=O)O. The average molecular weight is 204 g/mol. The highest BCUT2D eigenvalue weighted by atomic mass is 32.2. The Labute approximate surface area is 82.9 Å². The number of carboxylic acids is 1. The van der Waals surface area contributed by atoms with E-state index in [0.717, 1.165) is 18.6 Å². The molecule has 0 aromatic heterocycles. The van der Waals surface area contributed by atoms with Crippen molar-refractivity contribution in [2.24, 2.45) is 0 Å². The van der Waals surface area contributed by atoms with Crippen LogP contribution in [0.4, 0.5) is 0 Å². The number of hydrogen-bond donors (Lipinski definition) is 1. The minimum atomic E-state index is -0.740. The van der Waals surface area contributed by atoms with Gasteiger partial charge in [0.1, 0.15) is 5.78 Å². The lowest BCUT2D eigenvalue weighted by atomic mass is 10.2. The summed E-state index contributed by atoms with van der Waals surface area (Å²) in [5.41, 5.74) is 0. The molecular formula is C9H16O3S. The lowest BCUT2D eigenvalue weighted by molar-refractivity contribution is -0.136. The van der Waals surface area contributed by atoms with Crippen molar-refractivity contribution in [3.8, 4) is 0 Å². The molecule has 0 saturated carbocycles. The summed E-state index contributed by atoms with van der Waals surface area (Å²) in [5.74, 6) is 1.13. The van der Waals surface area contributed by atoms with Gasteiger partial charge in [0.15, 0.2) is 0 Å². The fraction of sp³-hybridized carbons (Fsp3) is 0.778. The van der Waals surface area contributed by atoms with E-state index in [4.69, 9.17) is 5.11 Å². The second-order valence-corrected chi connectivity index (χ2v) is 4.14. The normalized spacial score (nSPS) is 9.92. The average Bonchev–Trinajstić information content (AvgIpc) is 2.01. The Balaban J connectivity index is 3.00. The molecule has 0 saturated heterocycles. The molecular weight excluding hydrogens is 188 g/mol. The lowest BCUT2D eigenvalue weighted by Gasteiger charge is -1.98. The molecule has 0 aliphatic heterocycles. The summed E-state index contributed by atoms with van der Waals surface area (Å²) in [4.78, 5) is 20.7. The third kappa shape index (κ3) is 11.5. The lowest BCUT2D eigenvalue weighted by Crippen LogP contribution is -1.97. The van der Waals surface area contributed by atoms with Gasteiger partial charge in [-0.15, -0.1) is 0 Å². The van der Waals surface area contributed by atoms with Crippen LogP contribution in [0.2, 0.25) is 0 Å². The zero-order valence-electron chi connectivity index (χ0n) is 7.91. The minimum Gasteiger partial charge on any atom is -0.481 e. The van der Waals surface area contributed by atoms with Crippen molar-refractivity contribution < 1.29 is 14.7 Å². The number of carboxylic acid groups (broad SMARTS) is 1. The largest absolute Gasteiger partial charge is 0.481 e. The van der Waals surface area contributed by atoms with Crippen LogP contribution in [-0.4, -0.2) is 28.4 Å². The van der Waals surface area contributed by atoms with Gasteiger partial charge in [-0.1, -0.05) is 0 Å². The van der Waals surface area contributed by atoms with E-state index >= 15 is 0 Å². The molecule has 4 heteroatoms. The molecule has 0 aromatic rings. The fourth-order valence-electron chi connectivity index (χ4n) is 0.840. The zero-order valence-corrected chi connectivity index (χ0v) is 8.73. The number of aliphatic carboxylic acids is 1. The van der Waals surface area contributed by atoms with Crippen molar-refractivity contribution in [2.45, 2.75) is 32.6 Å². The molecule has 0 bridgehead atoms. The van der Waals surface area contributed by atoms with Gasteiger partial charge in [0.2, 0.25) is 0 Å². The number of Topliss-reactive ketones (excluding diaryl/α,β-unsaturated/α-hetero) is 1. The zero-order chi connectivity index (χ0) is 10.1. The highest BCUT2D eigenvalue weighted by molar-refractivity contribution is 7.99. The van der Waals surface area contributed by atoms with Crippen molar-refractivity contribution in [3.05, 3.63) is 0 Å². The molecule has 1 N–H and O–H groups in total. The van der Waals surface area contributed by atoms with Crippen molar-refractivity contribution in [1.29, 1.82) is 0 Å². The number of carbonyl (C=O) groups is 2. The minimum absolute atomic E-state index is 0.232. The third-order valence-electron chi connectivity index (χ3n) is 1.53. The summed E-state index contributed by atoms with van der Waals surface area (Å²) in [6.45, 7) is 1.59. The quantitative estimate of drug-likeness (QED) is 0.614. The molecule has 3 nitrogen and oxygen atoms in total. The van der Waals surface area contributed by atoms with Gasteiger partial charge in [-0.25, -0.2) is 0 Å². The van der Waals surface area contributed by atoms with Crippen LogP contribution in [0, 0.1) is 0 Å². The second kappa shape index (κ2) is 8.10. The van der Waals surface area contributed by atoms with Gasteiger partial charge in [-0.05, 0) is 25.5 Å². The first kappa shape index (κ1) is 12.5. The van der Waals surface area contributed by atoms with E-state index in [9.17, 15) is 9.59 Å². The van der Waals surface area contributed by atoms with Gasteiger partial charge in [0.05, 0.1) is 6.42 Å². The smallest absolute Gasteiger partial charge is 0.304 e. The van der Waals surface area contributed by atoms with Gasteiger partial charge in [-0.3, -0.25) is 4.79 Å². The topological polar surface area (TPSA) is 54.4 Å². The van der Waals surface area contributed by atoms with Crippen LogP contribution >= 0.6 is 11.8 Å². The summed E-state index contributed by atoms with van der Waals surface area (Å²) >= 11 is 1.64. The predicted octanol–water partition coefficient (Wildman–Crippen LogP) is 1.95. The summed E-state index contributed by atoms with van der Waals surface area (Å²) in [6, 6.07) is 0. The standard InChI is InChI=1S/C9H16O3S/c1-8(10)4-2-3-6-13-7-5-9(11)12/h2-7H2,1H3,(H,11,12). The summed E-state index contributed by atoms with van der Waals surface area (Å²) in [5, 5.41) is 8.33. The highest BCUT2D eigenvalue weighted by Gasteiger charge is 1.97. The van der Waals surface area contributed by atoms with E-state index in [-0.39, 0.29) is 12.2 Å². The molecule has 0 heterocycles. The third-order valence-corrected chi connectivity index (χ3v) is 2.60. The Kier molecular flexibility index (Phi) is 7.79. The van der Waals surface area contributed by atoms with E-state index in [2.05, 4.69) is 0 Å². The summed E-state index contributed by atoms with van der Waals surface area (Å²) in [7, 11) is 0. The van der Waals surface area contributed by atoms with Crippen LogP contribution < -0.4 is 0 Å². The van der Waals surface area contributed by atoms with Crippen molar-refractivity contribution >= 4 is 23.5 Å². The Morgan fingerprint density at radius 1 is 1.15 bits per heavy atom. The molecule has 0 rings (SSSR count). The van der Waals surface area contributed by atoms with Crippen LogP contribution in [0.3, 0.4) is 0 Å². The van der Waals surface area contributed by atoms with Crippen LogP contribution in [-0.2, 0) is 9.59 Å².